The lowest BCUT2D eigenvalue weighted by Crippen LogP contribution is -2.14. The van der Waals surface area contributed by atoms with Gasteiger partial charge in [-0.2, -0.15) is 0 Å². The third-order valence-corrected chi connectivity index (χ3v) is 3.13. The predicted molar refractivity (Wildman–Crippen MR) is 67.4 cm³/mol. The van der Waals surface area contributed by atoms with Crippen molar-refractivity contribution in [3.05, 3.63) is 18.2 Å². The van der Waals surface area contributed by atoms with Crippen molar-refractivity contribution in [3.63, 3.8) is 0 Å². The Morgan fingerprint density at radius 2 is 2.11 bits per heavy atom. The number of sulfonamides is 1. The topological polar surface area (TPSA) is 125 Å². The maximum atomic E-state index is 11.1. The molecule has 0 amide bonds. The van der Waals surface area contributed by atoms with Gasteiger partial charge in [0.1, 0.15) is 0 Å². The van der Waals surface area contributed by atoms with Crippen LogP contribution in [0.2, 0.25) is 0 Å². The average Bonchev–Trinajstić information content (AvgIpc) is 2.29. The van der Waals surface area contributed by atoms with Gasteiger partial charge < -0.3 is 15.8 Å². The summed E-state index contributed by atoms with van der Waals surface area (Å²) in [6, 6.07) is 4.09. The van der Waals surface area contributed by atoms with Crippen LogP contribution in [0.1, 0.15) is 6.42 Å². The van der Waals surface area contributed by atoms with Crippen molar-refractivity contribution in [1.29, 1.82) is 0 Å². The standard InChI is InChI=1S/C10H15N3O4S/c1-17-10(14)4-5-13-9-3-2-7(6-8(9)11)18(12,15)16/h2-3,6,13H,4-5,11H2,1H3,(H2,12,15,16). The van der Waals surface area contributed by atoms with Gasteiger partial charge >= 0.3 is 5.97 Å². The van der Waals surface area contributed by atoms with E-state index in [2.05, 4.69) is 10.1 Å². The molecule has 0 unspecified atom stereocenters. The van der Waals surface area contributed by atoms with E-state index < -0.39 is 10.0 Å². The first-order chi connectivity index (χ1) is 8.34. The summed E-state index contributed by atoms with van der Waals surface area (Å²) < 4.78 is 26.6. The Morgan fingerprint density at radius 1 is 1.44 bits per heavy atom. The van der Waals surface area contributed by atoms with Crippen LogP contribution >= 0.6 is 0 Å². The highest BCUT2D eigenvalue weighted by atomic mass is 32.2. The Hall–Kier alpha value is -1.80. The number of carbonyl (C=O) groups excluding carboxylic acids is 1. The first-order valence-electron chi connectivity index (χ1n) is 5.07. The molecule has 1 rings (SSSR count). The minimum atomic E-state index is -3.76. The molecular weight excluding hydrogens is 258 g/mol. The van der Waals surface area contributed by atoms with Gasteiger partial charge in [-0.25, -0.2) is 13.6 Å². The van der Waals surface area contributed by atoms with E-state index in [1.165, 1.54) is 25.3 Å². The summed E-state index contributed by atoms with van der Waals surface area (Å²) in [6.45, 7) is 0.339. The van der Waals surface area contributed by atoms with Crippen molar-refractivity contribution in [3.8, 4) is 0 Å². The van der Waals surface area contributed by atoms with Crippen LogP contribution < -0.4 is 16.2 Å². The van der Waals surface area contributed by atoms with Crippen molar-refractivity contribution in [2.45, 2.75) is 11.3 Å². The number of benzene rings is 1. The summed E-state index contributed by atoms with van der Waals surface area (Å²) in [6.07, 6.45) is 0.187. The number of ether oxygens (including phenoxy) is 1. The summed E-state index contributed by atoms with van der Waals surface area (Å²) in [4.78, 5) is 10.8. The van der Waals surface area contributed by atoms with Gasteiger partial charge in [-0.3, -0.25) is 4.79 Å². The second-order valence-corrected chi connectivity index (χ2v) is 5.11. The zero-order valence-corrected chi connectivity index (χ0v) is 10.7. The van der Waals surface area contributed by atoms with Crippen molar-refractivity contribution in [1.82, 2.24) is 0 Å². The smallest absolute Gasteiger partial charge is 0.307 e. The fourth-order valence-corrected chi connectivity index (χ4v) is 1.83. The normalized spacial score (nSPS) is 11.0. The minimum absolute atomic E-state index is 0.0569. The van der Waals surface area contributed by atoms with E-state index in [9.17, 15) is 13.2 Å². The number of primary sulfonamides is 1. The molecule has 0 atom stereocenters. The Labute approximate surface area is 105 Å². The van der Waals surface area contributed by atoms with E-state index in [0.29, 0.717) is 12.2 Å². The molecule has 8 heteroatoms. The minimum Gasteiger partial charge on any atom is -0.469 e. The van der Waals surface area contributed by atoms with Gasteiger partial charge in [0.25, 0.3) is 0 Å². The second-order valence-electron chi connectivity index (χ2n) is 3.55. The lowest BCUT2D eigenvalue weighted by molar-refractivity contribution is -0.140. The molecule has 5 N–H and O–H groups in total. The molecule has 0 bridgehead atoms. The first-order valence-corrected chi connectivity index (χ1v) is 6.62. The molecule has 0 aromatic heterocycles. The molecule has 0 heterocycles. The fraction of sp³-hybridized carbons (Fsp3) is 0.300. The van der Waals surface area contributed by atoms with Crippen molar-refractivity contribution < 1.29 is 17.9 Å². The Balaban J connectivity index is 2.72. The zero-order chi connectivity index (χ0) is 13.8. The Morgan fingerprint density at radius 3 is 2.61 bits per heavy atom. The van der Waals surface area contributed by atoms with Gasteiger partial charge in [0.15, 0.2) is 0 Å². The highest BCUT2D eigenvalue weighted by Crippen LogP contribution is 2.21. The molecule has 100 valence electrons. The summed E-state index contributed by atoms with van der Waals surface area (Å²) >= 11 is 0. The number of rotatable bonds is 5. The SMILES string of the molecule is COC(=O)CCNc1ccc(S(N)(=O)=O)cc1N. The summed E-state index contributed by atoms with van der Waals surface area (Å²) in [7, 11) is -2.46. The third kappa shape index (κ3) is 3.90. The zero-order valence-electron chi connectivity index (χ0n) is 9.84. The summed E-state index contributed by atoms with van der Waals surface area (Å²) in [5, 5.41) is 7.86. The van der Waals surface area contributed by atoms with Crippen LogP contribution in [0.15, 0.2) is 23.1 Å². The largest absolute Gasteiger partial charge is 0.469 e. The average molecular weight is 273 g/mol. The number of esters is 1. The molecule has 0 aliphatic carbocycles. The van der Waals surface area contributed by atoms with E-state index in [1.807, 2.05) is 0 Å². The van der Waals surface area contributed by atoms with Crippen LogP contribution in [-0.2, 0) is 19.6 Å². The van der Waals surface area contributed by atoms with Crippen molar-refractivity contribution >= 4 is 27.4 Å². The lowest BCUT2D eigenvalue weighted by Gasteiger charge is -2.09. The van der Waals surface area contributed by atoms with Crippen LogP contribution in [0, 0.1) is 0 Å². The van der Waals surface area contributed by atoms with Crippen LogP contribution in [0.25, 0.3) is 0 Å². The molecule has 0 spiro atoms. The first kappa shape index (κ1) is 14.3. The van der Waals surface area contributed by atoms with Gasteiger partial charge in [-0.1, -0.05) is 0 Å². The molecule has 18 heavy (non-hydrogen) atoms. The summed E-state index contributed by atoms with van der Waals surface area (Å²) in [5.41, 5.74) is 6.44. The predicted octanol–water partition coefficient (Wildman–Crippen LogP) is -0.109. The van der Waals surface area contributed by atoms with Crippen molar-refractivity contribution in [2.75, 3.05) is 24.7 Å². The van der Waals surface area contributed by atoms with Gasteiger partial charge in [-0.05, 0) is 18.2 Å². The van der Waals surface area contributed by atoms with E-state index in [-0.39, 0.29) is 23.0 Å². The van der Waals surface area contributed by atoms with Gasteiger partial charge in [0.05, 0.1) is 29.8 Å². The van der Waals surface area contributed by atoms with E-state index in [0.717, 1.165) is 0 Å². The molecule has 1 aromatic rings. The fourth-order valence-electron chi connectivity index (χ4n) is 1.28. The number of hydrogen-bond donors (Lipinski definition) is 3. The third-order valence-electron chi connectivity index (χ3n) is 2.22. The quantitative estimate of drug-likeness (QED) is 0.508. The van der Waals surface area contributed by atoms with Gasteiger partial charge in [0, 0.05) is 6.54 Å². The number of nitrogens with one attached hydrogen (secondary N) is 1. The van der Waals surface area contributed by atoms with Gasteiger partial charge in [0.2, 0.25) is 10.0 Å². The number of anilines is 2. The highest BCUT2D eigenvalue weighted by molar-refractivity contribution is 7.89. The number of nitrogen functional groups attached to an aromatic ring is 1. The van der Waals surface area contributed by atoms with E-state index in [4.69, 9.17) is 10.9 Å². The highest BCUT2D eigenvalue weighted by Gasteiger charge is 2.10. The number of nitrogens with two attached hydrogens (primary N) is 2. The van der Waals surface area contributed by atoms with Crippen LogP contribution in [-0.4, -0.2) is 28.0 Å². The van der Waals surface area contributed by atoms with E-state index >= 15 is 0 Å². The molecule has 0 saturated heterocycles. The van der Waals surface area contributed by atoms with Crippen LogP contribution in [0.3, 0.4) is 0 Å². The monoisotopic (exact) mass is 273 g/mol. The molecule has 0 aliphatic rings. The van der Waals surface area contributed by atoms with Crippen LogP contribution in [0.5, 0.6) is 0 Å². The number of methoxy groups -OCH3 is 1. The molecule has 0 fully saturated rings. The van der Waals surface area contributed by atoms with E-state index in [1.54, 1.807) is 0 Å². The molecule has 7 nitrogen and oxygen atoms in total. The molecule has 0 radical (unpaired) electrons. The molecular formula is C10H15N3O4S. The van der Waals surface area contributed by atoms with Gasteiger partial charge in [-0.15, -0.1) is 0 Å². The second kappa shape index (κ2) is 5.69. The lowest BCUT2D eigenvalue weighted by atomic mass is 10.2. The Bertz CT molecular complexity index is 542. The number of carbonyl (C=O) groups is 1. The molecule has 0 saturated carbocycles. The maximum Gasteiger partial charge on any atom is 0.307 e. The number of hydrogen-bond acceptors (Lipinski definition) is 6. The molecule has 1 aromatic carbocycles. The maximum absolute atomic E-state index is 11.1. The summed E-state index contributed by atoms with van der Waals surface area (Å²) in [5.74, 6) is -0.345. The van der Waals surface area contributed by atoms with Crippen LogP contribution in [0.4, 0.5) is 11.4 Å². The Kier molecular flexibility index (Phi) is 4.51. The molecule has 0 aliphatic heterocycles. The van der Waals surface area contributed by atoms with Crippen molar-refractivity contribution in [2.24, 2.45) is 5.14 Å².